The van der Waals surface area contributed by atoms with Crippen LogP contribution < -0.4 is 5.32 Å². The highest BCUT2D eigenvalue weighted by molar-refractivity contribution is 7.99. The van der Waals surface area contributed by atoms with Gasteiger partial charge in [-0.3, -0.25) is 14.5 Å². The molecular weight excluding hydrogens is 394 g/mol. The molecule has 0 spiro atoms. The topological polar surface area (TPSA) is 52.7 Å². The number of hydrogen-bond acceptors (Lipinski definition) is 4. The summed E-state index contributed by atoms with van der Waals surface area (Å²) >= 11 is 1.88. The van der Waals surface area contributed by atoms with Gasteiger partial charge in [0, 0.05) is 50.1 Å². The van der Waals surface area contributed by atoms with E-state index in [0.717, 1.165) is 37.7 Å². The fourth-order valence-electron chi connectivity index (χ4n) is 4.32. The van der Waals surface area contributed by atoms with E-state index >= 15 is 0 Å². The fourth-order valence-corrected chi connectivity index (χ4v) is 5.22. The molecule has 2 saturated heterocycles. The van der Waals surface area contributed by atoms with E-state index in [9.17, 15) is 9.59 Å². The van der Waals surface area contributed by atoms with Crippen LogP contribution >= 0.6 is 11.8 Å². The van der Waals surface area contributed by atoms with E-state index in [4.69, 9.17) is 0 Å². The Bertz CT molecular complexity index is 801. The summed E-state index contributed by atoms with van der Waals surface area (Å²) in [6.45, 7) is 3.67. The molecule has 2 aromatic carbocycles. The van der Waals surface area contributed by atoms with Crippen LogP contribution in [0.1, 0.15) is 23.5 Å². The van der Waals surface area contributed by atoms with E-state index in [1.807, 2.05) is 28.8 Å². The second kappa shape index (κ2) is 10.1. The molecule has 2 heterocycles. The molecule has 0 radical (unpaired) electrons. The summed E-state index contributed by atoms with van der Waals surface area (Å²) in [5.41, 5.74) is 2.46. The minimum absolute atomic E-state index is 0.0270. The average Bonchev–Trinajstić information content (AvgIpc) is 2.81. The van der Waals surface area contributed by atoms with Gasteiger partial charge in [0.15, 0.2) is 0 Å². The minimum Gasteiger partial charge on any atom is -0.353 e. The second-order valence-corrected chi connectivity index (χ2v) is 9.10. The molecule has 2 fully saturated rings. The van der Waals surface area contributed by atoms with Crippen molar-refractivity contribution in [1.29, 1.82) is 0 Å². The van der Waals surface area contributed by atoms with Crippen LogP contribution in [-0.2, 0) is 9.59 Å². The zero-order valence-corrected chi connectivity index (χ0v) is 18.0. The number of nitrogens with zero attached hydrogens (tertiary/aromatic N) is 2. The van der Waals surface area contributed by atoms with Gasteiger partial charge in [-0.05, 0) is 11.1 Å². The summed E-state index contributed by atoms with van der Waals surface area (Å²) in [5, 5.41) is 2.97. The first-order valence-electron chi connectivity index (χ1n) is 10.7. The van der Waals surface area contributed by atoms with Crippen molar-refractivity contribution in [3.05, 3.63) is 71.8 Å². The van der Waals surface area contributed by atoms with Gasteiger partial charge in [0.1, 0.15) is 0 Å². The molecule has 0 aliphatic carbocycles. The van der Waals surface area contributed by atoms with Crippen molar-refractivity contribution in [2.75, 3.05) is 44.2 Å². The summed E-state index contributed by atoms with van der Waals surface area (Å²) < 4.78 is 0. The third kappa shape index (κ3) is 5.05. The first kappa shape index (κ1) is 20.9. The lowest BCUT2D eigenvalue weighted by Crippen LogP contribution is -2.57. The first-order valence-corrected chi connectivity index (χ1v) is 11.8. The molecule has 30 heavy (non-hydrogen) atoms. The Morgan fingerprint density at radius 3 is 2.17 bits per heavy atom. The van der Waals surface area contributed by atoms with E-state index < -0.39 is 6.04 Å². The van der Waals surface area contributed by atoms with E-state index in [0.29, 0.717) is 6.54 Å². The van der Waals surface area contributed by atoms with Gasteiger partial charge in [-0.15, -0.1) is 0 Å². The van der Waals surface area contributed by atoms with Gasteiger partial charge in [-0.25, -0.2) is 0 Å². The zero-order valence-electron chi connectivity index (χ0n) is 17.2. The van der Waals surface area contributed by atoms with Crippen molar-refractivity contribution >= 4 is 23.6 Å². The predicted octanol–water partition coefficient (Wildman–Crippen LogP) is 2.58. The molecule has 2 aliphatic heterocycles. The third-order valence-electron chi connectivity index (χ3n) is 5.99. The maximum Gasteiger partial charge on any atom is 0.237 e. The Balaban J connectivity index is 1.54. The Hall–Kier alpha value is -2.31. The van der Waals surface area contributed by atoms with Crippen LogP contribution in [0.3, 0.4) is 0 Å². The molecule has 2 aromatic rings. The van der Waals surface area contributed by atoms with Gasteiger partial charge in [-0.1, -0.05) is 60.7 Å². The highest BCUT2D eigenvalue weighted by Gasteiger charge is 2.34. The average molecular weight is 424 g/mol. The lowest BCUT2D eigenvalue weighted by Gasteiger charge is -2.38. The second-order valence-electron chi connectivity index (χ2n) is 7.87. The first-order chi connectivity index (χ1) is 14.7. The summed E-state index contributed by atoms with van der Waals surface area (Å²) in [6.07, 6.45) is 0.257. The van der Waals surface area contributed by atoms with Gasteiger partial charge in [0.2, 0.25) is 11.8 Å². The van der Waals surface area contributed by atoms with E-state index in [1.54, 1.807) is 0 Å². The van der Waals surface area contributed by atoms with Crippen LogP contribution in [0, 0.1) is 0 Å². The largest absolute Gasteiger partial charge is 0.353 e. The van der Waals surface area contributed by atoms with Crippen LogP contribution in [0.15, 0.2) is 60.7 Å². The van der Waals surface area contributed by atoms with Crippen molar-refractivity contribution < 1.29 is 9.59 Å². The highest BCUT2D eigenvalue weighted by Crippen LogP contribution is 2.27. The number of amides is 2. The SMILES string of the molecule is O=C1NCCN(CC(c2ccccc2)c2ccccc2)C1CC(=O)N1CCSCC1. The van der Waals surface area contributed by atoms with Crippen molar-refractivity contribution in [3.8, 4) is 0 Å². The Kier molecular flexibility index (Phi) is 7.07. The number of carbonyl (C=O) groups excluding carboxylic acids is 2. The zero-order chi connectivity index (χ0) is 20.8. The van der Waals surface area contributed by atoms with Crippen molar-refractivity contribution in [2.45, 2.75) is 18.4 Å². The van der Waals surface area contributed by atoms with Crippen LogP contribution in [0.2, 0.25) is 0 Å². The molecule has 1 unspecified atom stereocenters. The van der Waals surface area contributed by atoms with Gasteiger partial charge in [0.25, 0.3) is 0 Å². The minimum atomic E-state index is -0.407. The summed E-state index contributed by atoms with van der Waals surface area (Å²) in [5.74, 6) is 2.19. The fraction of sp³-hybridized carbons (Fsp3) is 0.417. The van der Waals surface area contributed by atoms with E-state index in [-0.39, 0.29) is 24.2 Å². The third-order valence-corrected chi connectivity index (χ3v) is 6.94. The molecule has 1 N–H and O–H groups in total. The monoisotopic (exact) mass is 423 g/mol. The Morgan fingerprint density at radius 1 is 0.967 bits per heavy atom. The number of nitrogens with one attached hydrogen (secondary N) is 1. The predicted molar refractivity (Wildman–Crippen MR) is 122 cm³/mol. The molecule has 6 heteroatoms. The molecular formula is C24H29N3O2S. The number of rotatable bonds is 6. The molecule has 4 rings (SSSR count). The van der Waals surface area contributed by atoms with E-state index in [1.165, 1.54) is 11.1 Å². The maximum absolute atomic E-state index is 12.9. The molecule has 2 amide bonds. The van der Waals surface area contributed by atoms with Crippen LogP contribution in [0.5, 0.6) is 0 Å². The van der Waals surface area contributed by atoms with Crippen LogP contribution in [0.25, 0.3) is 0 Å². The van der Waals surface area contributed by atoms with Crippen molar-refractivity contribution in [3.63, 3.8) is 0 Å². The van der Waals surface area contributed by atoms with Gasteiger partial charge >= 0.3 is 0 Å². The molecule has 0 saturated carbocycles. The lowest BCUT2D eigenvalue weighted by molar-refractivity contribution is -0.138. The van der Waals surface area contributed by atoms with Crippen molar-refractivity contribution in [2.24, 2.45) is 0 Å². The summed E-state index contributed by atoms with van der Waals surface area (Å²) in [7, 11) is 0. The Labute approximate surface area is 182 Å². The van der Waals surface area contributed by atoms with Crippen LogP contribution in [-0.4, -0.2) is 71.9 Å². The molecule has 158 valence electrons. The number of hydrogen-bond donors (Lipinski definition) is 1. The van der Waals surface area contributed by atoms with Gasteiger partial charge in [-0.2, -0.15) is 11.8 Å². The lowest BCUT2D eigenvalue weighted by atomic mass is 9.90. The normalized spacial score (nSPS) is 20.2. The number of carbonyl (C=O) groups is 2. The smallest absolute Gasteiger partial charge is 0.237 e. The Morgan fingerprint density at radius 2 is 1.57 bits per heavy atom. The van der Waals surface area contributed by atoms with Crippen LogP contribution in [0.4, 0.5) is 0 Å². The number of thioether (sulfide) groups is 1. The molecule has 2 aliphatic rings. The summed E-state index contributed by atoms with van der Waals surface area (Å²) in [6, 6.07) is 20.5. The highest BCUT2D eigenvalue weighted by atomic mass is 32.2. The van der Waals surface area contributed by atoms with Crippen molar-refractivity contribution in [1.82, 2.24) is 15.1 Å². The number of benzene rings is 2. The molecule has 0 aromatic heterocycles. The van der Waals surface area contributed by atoms with E-state index in [2.05, 4.69) is 58.7 Å². The molecule has 5 nitrogen and oxygen atoms in total. The van der Waals surface area contributed by atoms with Gasteiger partial charge in [0.05, 0.1) is 12.5 Å². The van der Waals surface area contributed by atoms with Gasteiger partial charge < -0.3 is 10.2 Å². The number of piperazine rings is 1. The standard InChI is InChI=1S/C24H29N3O2S/c28-23(26-13-15-30-16-14-26)17-22-24(29)25-11-12-27(22)18-21(19-7-3-1-4-8-19)20-9-5-2-6-10-20/h1-10,21-22H,11-18H2,(H,25,29). The molecule has 0 bridgehead atoms. The quantitative estimate of drug-likeness (QED) is 0.776. The summed E-state index contributed by atoms with van der Waals surface area (Å²) in [4.78, 5) is 29.8. The molecule has 1 atom stereocenters. The maximum atomic E-state index is 12.9.